The number of Topliss-reactive ketones (excluding diaryl/α,β-unsaturated/α-hetero) is 1. The summed E-state index contributed by atoms with van der Waals surface area (Å²) >= 11 is 0. The molecule has 0 heterocycles. The summed E-state index contributed by atoms with van der Waals surface area (Å²) in [4.78, 5) is 36.5. The van der Waals surface area contributed by atoms with E-state index >= 15 is 0 Å². The van der Waals surface area contributed by atoms with Gasteiger partial charge in [-0.1, -0.05) is 30.3 Å². The minimum atomic E-state index is -1.24. The second-order valence-electron chi connectivity index (χ2n) is 5.65. The Morgan fingerprint density at radius 1 is 1.11 bits per heavy atom. The number of carbonyl (C=O) groups excluding carboxylic acids is 3. The number of rotatable bonds is 7. The van der Waals surface area contributed by atoms with E-state index in [1.54, 1.807) is 54.6 Å². The third-order valence-corrected chi connectivity index (χ3v) is 3.66. The molecule has 136 valence electrons. The molecule has 0 spiro atoms. The predicted molar refractivity (Wildman–Crippen MR) is 98.6 cm³/mol. The van der Waals surface area contributed by atoms with Gasteiger partial charge >= 0.3 is 5.97 Å². The van der Waals surface area contributed by atoms with Crippen molar-refractivity contribution in [1.29, 1.82) is 10.7 Å². The number of carbonyl (C=O) groups is 3. The molecule has 7 heteroatoms. The van der Waals surface area contributed by atoms with Crippen LogP contribution >= 0.6 is 0 Å². The van der Waals surface area contributed by atoms with Gasteiger partial charge in [-0.05, 0) is 31.2 Å². The van der Waals surface area contributed by atoms with Crippen LogP contribution in [0.25, 0.3) is 0 Å². The van der Waals surface area contributed by atoms with Crippen molar-refractivity contribution in [2.75, 3.05) is 11.9 Å². The van der Waals surface area contributed by atoms with Gasteiger partial charge in [-0.3, -0.25) is 9.59 Å². The molecular weight excluding hydrogens is 346 g/mol. The Labute approximate surface area is 156 Å². The first-order chi connectivity index (χ1) is 12.9. The monoisotopic (exact) mass is 363 g/mol. The lowest BCUT2D eigenvalue weighted by Crippen LogP contribution is -2.26. The molecule has 0 fully saturated rings. The van der Waals surface area contributed by atoms with Crippen molar-refractivity contribution in [3.8, 4) is 6.07 Å². The maximum absolute atomic E-state index is 12.3. The number of hydrogen-bond acceptors (Lipinski definition) is 6. The molecule has 2 N–H and O–H groups in total. The molecule has 0 aromatic heterocycles. The Bertz CT molecular complexity index is 916. The first-order valence-electron chi connectivity index (χ1n) is 8.04. The number of benzene rings is 2. The van der Waals surface area contributed by atoms with Gasteiger partial charge in [0, 0.05) is 11.3 Å². The topological polar surface area (TPSA) is 120 Å². The first-order valence-corrected chi connectivity index (χ1v) is 8.04. The van der Waals surface area contributed by atoms with Gasteiger partial charge in [-0.15, -0.1) is 0 Å². The Balaban J connectivity index is 2.09. The maximum atomic E-state index is 12.3. The lowest BCUT2D eigenvalue weighted by molar-refractivity contribution is -0.122. The highest BCUT2D eigenvalue weighted by Gasteiger charge is 2.22. The number of ketones is 1. The summed E-state index contributed by atoms with van der Waals surface area (Å²) in [5, 5.41) is 18.9. The van der Waals surface area contributed by atoms with Gasteiger partial charge in [-0.2, -0.15) is 5.26 Å². The van der Waals surface area contributed by atoms with Gasteiger partial charge in [0.15, 0.2) is 12.4 Å². The lowest BCUT2D eigenvalue weighted by atomic mass is 10.0. The molecule has 2 rings (SSSR count). The molecule has 1 atom stereocenters. The minimum Gasteiger partial charge on any atom is -0.454 e. The molecule has 0 aliphatic heterocycles. The number of anilines is 1. The predicted octanol–water partition coefficient (Wildman–Crippen LogP) is 2.84. The number of ether oxygens (including phenoxy) is 1. The van der Waals surface area contributed by atoms with E-state index in [1.807, 2.05) is 0 Å². The standard InChI is InChI=1S/C20H17N3O4/c1-13(22)16(11-21)18(24)12-27-20(26)15-9-5-6-10-17(15)23-19(25)14-7-3-2-4-8-14/h2-10,16,22H,12H2,1H3,(H,23,25). The third-order valence-electron chi connectivity index (χ3n) is 3.66. The first kappa shape index (κ1) is 19.5. The van der Waals surface area contributed by atoms with Crippen LogP contribution in [0.5, 0.6) is 0 Å². The van der Waals surface area contributed by atoms with Crippen LogP contribution in [0, 0.1) is 22.7 Å². The molecule has 0 saturated heterocycles. The fraction of sp³-hybridized carbons (Fsp3) is 0.150. The number of para-hydroxylation sites is 1. The largest absolute Gasteiger partial charge is 0.454 e. The van der Waals surface area contributed by atoms with Crippen molar-refractivity contribution in [3.05, 3.63) is 65.7 Å². The van der Waals surface area contributed by atoms with Crippen LogP contribution in [-0.2, 0) is 9.53 Å². The molecule has 1 amide bonds. The molecule has 2 aromatic rings. The lowest BCUT2D eigenvalue weighted by Gasteiger charge is -2.11. The van der Waals surface area contributed by atoms with E-state index in [0.717, 1.165) is 0 Å². The van der Waals surface area contributed by atoms with Crippen molar-refractivity contribution in [2.24, 2.45) is 5.92 Å². The van der Waals surface area contributed by atoms with E-state index in [-0.39, 0.29) is 17.0 Å². The summed E-state index contributed by atoms with van der Waals surface area (Å²) in [5.41, 5.74) is 0.627. The molecule has 0 bridgehead atoms. The highest BCUT2D eigenvalue weighted by atomic mass is 16.5. The zero-order chi connectivity index (χ0) is 19.8. The Kier molecular flexibility index (Phi) is 6.55. The van der Waals surface area contributed by atoms with Crippen molar-refractivity contribution < 1.29 is 19.1 Å². The van der Waals surface area contributed by atoms with E-state index in [1.165, 1.54) is 13.0 Å². The summed E-state index contributed by atoms with van der Waals surface area (Å²) in [6, 6.07) is 16.4. The van der Waals surface area contributed by atoms with E-state index in [9.17, 15) is 14.4 Å². The summed E-state index contributed by atoms with van der Waals surface area (Å²) in [7, 11) is 0. The fourth-order valence-corrected chi connectivity index (χ4v) is 2.26. The highest BCUT2D eigenvalue weighted by molar-refractivity contribution is 6.09. The van der Waals surface area contributed by atoms with Crippen molar-refractivity contribution in [2.45, 2.75) is 6.92 Å². The molecule has 1 unspecified atom stereocenters. The zero-order valence-electron chi connectivity index (χ0n) is 14.6. The highest BCUT2D eigenvalue weighted by Crippen LogP contribution is 2.17. The van der Waals surface area contributed by atoms with Crippen LogP contribution in [0.4, 0.5) is 5.69 Å². The molecule has 0 aliphatic rings. The second kappa shape index (κ2) is 9.06. The number of hydrogen-bond donors (Lipinski definition) is 2. The van der Waals surface area contributed by atoms with Gasteiger partial charge in [0.1, 0.15) is 5.92 Å². The summed E-state index contributed by atoms with van der Waals surface area (Å²) in [6.07, 6.45) is 0. The van der Waals surface area contributed by atoms with Crippen LogP contribution in [0.15, 0.2) is 54.6 Å². The van der Waals surface area contributed by atoms with Crippen molar-refractivity contribution in [1.82, 2.24) is 0 Å². The average Bonchev–Trinajstić information content (AvgIpc) is 2.67. The SMILES string of the molecule is CC(=N)C(C#N)C(=O)COC(=O)c1ccccc1NC(=O)c1ccccc1. The second-order valence-corrected chi connectivity index (χ2v) is 5.65. The van der Waals surface area contributed by atoms with Crippen LogP contribution < -0.4 is 5.32 Å². The quantitative estimate of drug-likeness (QED) is 0.579. The summed E-state index contributed by atoms with van der Waals surface area (Å²) in [5.74, 6) is -3.13. The van der Waals surface area contributed by atoms with Crippen LogP contribution in [0.1, 0.15) is 27.6 Å². The Hall–Kier alpha value is -3.79. The van der Waals surface area contributed by atoms with Gasteiger partial charge in [0.2, 0.25) is 0 Å². The van der Waals surface area contributed by atoms with E-state index in [0.29, 0.717) is 5.56 Å². The molecule has 0 saturated carbocycles. The summed E-state index contributed by atoms with van der Waals surface area (Å²) < 4.78 is 4.96. The number of nitrogens with zero attached hydrogens (tertiary/aromatic N) is 1. The van der Waals surface area contributed by atoms with Crippen molar-refractivity contribution in [3.63, 3.8) is 0 Å². The fourth-order valence-electron chi connectivity index (χ4n) is 2.26. The van der Waals surface area contributed by atoms with Crippen LogP contribution in [0.3, 0.4) is 0 Å². The molecule has 0 radical (unpaired) electrons. The number of nitrogens with one attached hydrogen (secondary N) is 2. The van der Waals surface area contributed by atoms with E-state index in [4.69, 9.17) is 15.4 Å². The van der Waals surface area contributed by atoms with Gasteiger partial charge in [-0.25, -0.2) is 4.79 Å². The van der Waals surface area contributed by atoms with Gasteiger partial charge < -0.3 is 15.5 Å². The van der Waals surface area contributed by atoms with Gasteiger partial charge in [0.05, 0.1) is 17.3 Å². The van der Waals surface area contributed by atoms with Crippen molar-refractivity contribution >= 4 is 29.1 Å². The maximum Gasteiger partial charge on any atom is 0.340 e. The Morgan fingerprint density at radius 3 is 2.37 bits per heavy atom. The van der Waals surface area contributed by atoms with Gasteiger partial charge in [0.25, 0.3) is 5.91 Å². The number of amides is 1. The normalized spacial score (nSPS) is 11.0. The Morgan fingerprint density at radius 2 is 1.74 bits per heavy atom. The third kappa shape index (κ3) is 5.09. The number of nitriles is 1. The summed E-state index contributed by atoms with van der Waals surface area (Å²) in [6.45, 7) is 0.705. The van der Waals surface area contributed by atoms with Crippen LogP contribution in [-0.4, -0.2) is 30.0 Å². The molecular formula is C20H17N3O4. The van der Waals surface area contributed by atoms with E-state index < -0.39 is 30.2 Å². The number of esters is 1. The molecule has 7 nitrogen and oxygen atoms in total. The molecule has 2 aromatic carbocycles. The van der Waals surface area contributed by atoms with Crippen LogP contribution in [0.2, 0.25) is 0 Å². The molecule has 0 aliphatic carbocycles. The smallest absolute Gasteiger partial charge is 0.340 e. The minimum absolute atomic E-state index is 0.0784. The average molecular weight is 363 g/mol. The molecule has 27 heavy (non-hydrogen) atoms. The van der Waals surface area contributed by atoms with E-state index in [2.05, 4.69) is 5.32 Å². The zero-order valence-corrected chi connectivity index (χ0v) is 14.6.